The van der Waals surface area contributed by atoms with Crippen molar-refractivity contribution in [3.63, 3.8) is 0 Å². The minimum Gasteiger partial charge on any atom is -0.465 e. The van der Waals surface area contributed by atoms with E-state index in [1.807, 2.05) is 20.8 Å². The fraction of sp³-hybridized carbons (Fsp3) is 0.964. The topological polar surface area (TPSA) is 57.3 Å². The number of fused-ring (bicyclic) bond motifs is 1. The smallest absolute Gasteiger partial charge is 0.311 e. The van der Waals surface area contributed by atoms with Crippen LogP contribution in [0.1, 0.15) is 88.0 Å². The van der Waals surface area contributed by atoms with Gasteiger partial charge in [0.2, 0.25) is 0 Å². The van der Waals surface area contributed by atoms with Crippen LogP contribution in [0.25, 0.3) is 0 Å². The molecule has 2 rings (SSSR count). The van der Waals surface area contributed by atoms with Crippen LogP contribution in [0.15, 0.2) is 0 Å². The molecule has 35 heavy (non-hydrogen) atoms. The van der Waals surface area contributed by atoms with Crippen LogP contribution in [0.5, 0.6) is 0 Å². The molecule has 206 valence electrons. The molecule has 5 nitrogen and oxygen atoms in total. The number of carbonyl (C=O) groups excluding carboxylic acids is 1. The molecule has 1 saturated heterocycles. The Balaban J connectivity index is 2.06. The number of unbranched alkanes of at least 4 members (excludes halogenated alkanes) is 1. The van der Waals surface area contributed by atoms with Gasteiger partial charge in [0, 0.05) is 18.6 Å². The predicted molar refractivity (Wildman–Crippen MR) is 150 cm³/mol. The number of hydrogen-bond donors (Lipinski definition) is 0. The van der Waals surface area contributed by atoms with E-state index in [1.165, 1.54) is 0 Å². The van der Waals surface area contributed by atoms with Crippen LogP contribution in [0.4, 0.5) is 0 Å². The summed E-state index contributed by atoms with van der Waals surface area (Å²) >= 11 is 0. The molecule has 0 aromatic rings. The van der Waals surface area contributed by atoms with Crippen molar-refractivity contribution in [2.24, 2.45) is 17.3 Å². The first kappa shape index (κ1) is 31.0. The van der Waals surface area contributed by atoms with Crippen molar-refractivity contribution in [1.82, 2.24) is 0 Å². The summed E-state index contributed by atoms with van der Waals surface area (Å²) in [7, 11) is -3.65. The Hall–Kier alpha value is -0.216. The van der Waals surface area contributed by atoms with Crippen molar-refractivity contribution < 1.29 is 23.1 Å². The average Bonchev–Trinajstić information content (AvgIpc) is 3.34. The van der Waals surface area contributed by atoms with Gasteiger partial charge >= 0.3 is 5.97 Å². The van der Waals surface area contributed by atoms with Gasteiger partial charge in [-0.1, -0.05) is 41.5 Å². The highest BCUT2D eigenvalue weighted by atomic mass is 28.4. The third kappa shape index (κ3) is 8.13. The van der Waals surface area contributed by atoms with Crippen LogP contribution >= 0.6 is 0 Å². The molecule has 0 bridgehead atoms. The molecule has 0 spiro atoms. The summed E-state index contributed by atoms with van der Waals surface area (Å²) in [5, 5.41) is 0.395. The Bertz CT molecular complexity index is 714. The van der Waals surface area contributed by atoms with Crippen LogP contribution in [-0.2, 0) is 23.1 Å². The van der Waals surface area contributed by atoms with Crippen molar-refractivity contribution in [3.05, 3.63) is 0 Å². The second kappa shape index (κ2) is 10.9. The quantitative estimate of drug-likeness (QED) is 0.120. The molecule has 1 saturated carbocycles. The Labute approximate surface area is 218 Å². The van der Waals surface area contributed by atoms with E-state index in [4.69, 9.17) is 18.3 Å². The molecule has 2 fully saturated rings. The van der Waals surface area contributed by atoms with Crippen LogP contribution in [0.3, 0.4) is 0 Å². The second-order valence-corrected chi connectivity index (χ2v) is 24.6. The van der Waals surface area contributed by atoms with Gasteiger partial charge in [-0.05, 0) is 88.6 Å². The molecule has 1 heterocycles. The van der Waals surface area contributed by atoms with Crippen LogP contribution in [-0.4, -0.2) is 54.1 Å². The SMILES string of the molecule is CC(C)(C)C(=O)OC[C@@H]1[C@@H]([C@@H](CCCCO[Si](C)(C)C(C)(C)C)O[Si](C)(C)C(C)(C)C)C[C@H]2O[C@@H]12. The summed E-state index contributed by atoms with van der Waals surface area (Å²) in [6, 6.07) is 0. The lowest BCUT2D eigenvalue weighted by molar-refractivity contribution is -0.155. The van der Waals surface area contributed by atoms with Gasteiger partial charge in [0.25, 0.3) is 0 Å². The number of epoxide rings is 1. The maximum Gasteiger partial charge on any atom is 0.311 e. The monoisotopic (exact) mass is 528 g/mol. The van der Waals surface area contributed by atoms with E-state index >= 15 is 0 Å². The van der Waals surface area contributed by atoms with E-state index in [9.17, 15) is 4.79 Å². The van der Waals surface area contributed by atoms with Crippen LogP contribution < -0.4 is 0 Å². The van der Waals surface area contributed by atoms with Gasteiger partial charge in [0.05, 0.1) is 24.2 Å². The molecular weight excluding hydrogens is 472 g/mol. The van der Waals surface area contributed by atoms with E-state index in [0.717, 1.165) is 32.3 Å². The highest BCUT2D eigenvalue weighted by molar-refractivity contribution is 6.74. The van der Waals surface area contributed by atoms with E-state index < -0.39 is 22.0 Å². The van der Waals surface area contributed by atoms with Crippen LogP contribution in [0, 0.1) is 17.3 Å². The summed E-state index contributed by atoms with van der Waals surface area (Å²) in [5.41, 5.74) is -0.487. The Kier molecular flexibility index (Phi) is 9.63. The largest absolute Gasteiger partial charge is 0.465 e. The molecule has 0 aromatic carbocycles. The maximum absolute atomic E-state index is 12.5. The summed E-state index contributed by atoms with van der Waals surface area (Å²) in [6.45, 7) is 30.1. The lowest BCUT2D eigenvalue weighted by Gasteiger charge is -2.42. The number of hydrogen-bond acceptors (Lipinski definition) is 5. The first-order valence-corrected chi connectivity index (χ1v) is 19.6. The molecular formula is C28H56O5Si2. The molecule has 1 aliphatic carbocycles. The predicted octanol–water partition coefficient (Wildman–Crippen LogP) is 7.56. The van der Waals surface area contributed by atoms with Crippen LogP contribution in [0.2, 0.25) is 36.3 Å². The zero-order chi connectivity index (χ0) is 27.0. The molecule has 1 aliphatic heterocycles. The van der Waals surface area contributed by atoms with Gasteiger partial charge in [-0.3, -0.25) is 4.79 Å². The molecule has 0 amide bonds. The lowest BCUT2D eigenvalue weighted by Crippen LogP contribution is -2.47. The molecule has 0 radical (unpaired) electrons. The number of ether oxygens (including phenoxy) is 2. The summed E-state index contributed by atoms with van der Waals surface area (Å²) in [6.07, 6.45) is 4.91. The van der Waals surface area contributed by atoms with Crippen molar-refractivity contribution >= 4 is 22.6 Å². The third-order valence-corrected chi connectivity index (χ3v) is 18.0. The Morgan fingerprint density at radius 2 is 1.49 bits per heavy atom. The van der Waals surface area contributed by atoms with Gasteiger partial charge in [-0.2, -0.15) is 0 Å². The molecule has 0 unspecified atom stereocenters. The second-order valence-electron chi connectivity index (χ2n) is 15.1. The minimum absolute atomic E-state index is 0.134. The molecule has 7 heteroatoms. The minimum atomic E-state index is -1.94. The zero-order valence-corrected chi connectivity index (χ0v) is 27.2. The fourth-order valence-corrected chi connectivity index (χ4v) is 6.84. The molecule has 5 atom stereocenters. The third-order valence-electron chi connectivity index (χ3n) is 9.00. The number of carbonyl (C=O) groups is 1. The summed E-state index contributed by atoms with van der Waals surface area (Å²) in [4.78, 5) is 12.5. The summed E-state index contributed by atoms with van der Waals surface area (Å²) < 4.78 is 25.2. The highest BCUT2D eigenvalue weighted by Crippen LogP contribution is 2.51. The first-order valence-electron chi connectivity index (χ1n) is 13.8. The van der Waals surface area contributed by atoms with Gasteiger partial charge in [-0.15, -0.1) is 0 Å². The van der Waals surface area contributed by atoms with Gasteiger partial charge in [0.1, 0.15) is 0 Å². The number of rotatable bonds is 11. The molecule has 2 aliphatic rings. The van der Waals surface area contributed by atoms with Gasteiger partial charge < -0.3 is 18.3 Å². The maximum atomic E-state index is 12.5. The fourth-order valence-electron chi connectivity index (χ4n) is 4.35. The zero-order valence-electron chi connectivity index (χ0n) is 25.2. The van der Waals surface area contributed by atoms with E-state index in [1.54, 1.807) is 0 Å². The molecule has 0 N–H and O–H groups in total. The number of esters is 1. The standard InChI is InChI=1S/C28H56O5Si2/c1-26(2,3)25(29)30-19-21-20(18-23-24(21)32-23)22(33-35(12,13)28(7,8)9)16-14-15-17-31-34(10,11)27(4,5)6/h20-24H,14-19H2,1-13H3/t20-,21+,22+,23+,24-/m0/s1. The first-order chi connectivity index (χ1) is 15.7. The highest BCUT2D eigenvalue weighted by Gasteiger charge is 2.58. The molecule has 0 aromatic heterocycles. The van der Waals surface area contributed by atoms with Crippen molar-refractivity contribution in [2.75, 3.05) is 13.2 Å². The Morgan fingerprint density at radius 3 is 2.00 bits per heavy atom. The van der Waals surface area contributed by atoms with Crippen molar-refractivity contribution in [3.8, 4) is 0 Å². The van der Waals surface area contributed by atoms with Gasteiger partial charge in [0.15, 0.2) is 16.6 Å². The normalized spacial score (nSPS) is 26.4. The summed E-state index contributed by atoms with van der Waals surface area (Å²) in [5.74, 6) is 0.469. The van der Waals surface area contributed by atoms with E-state index in [0.29, 0.717) is 18.6 Å². The lowest BCUT2D eigenvalue weighted by atomic mass is 9.87. The van der Waals surface area contributed by atoms with E-state index in [2.05, 4.69) is 67.7 Å². The average molecular weight is 529 g/mol. The van der Waals surface area contributed by atoms with E-state index in [-0.39, 0.29) is 34.2 Å². The van der Waals surface area contributed by atoms with Crippen molar-refractivity contribution in [2.45, 2.75) is 143 Å². The Morgan fingerprint density at radius 1 is 0.914 bits per heavy atom. The van der Waals surface area contributed by atoms with Crippen molar-refractivity contribution in [1.29, 1.82) is 0 Å². The van der Waals surface area contributed by atoms with Gasteiger partial charge in [-0.25, -0.2) is 0 Å².